The Hall–Kier alpha value is -2.18. The summed E-state index contributed by atoms with van der Waals surface area (Å²) < 4.78 is 1.97. The molecule has 0 bridgehead atoms. The van der Waals surface area contributed by atoms with Crippen LogP contribution in [-0.4, -0.2) is 56.5 Å². The number of carbonyl (C=O) groups excluding carboxylic acids is 1. The van der Waals surface area contributed by atoms with Crippen LogP contribution in [0.4, 0.5) is 5.95 Å². The SMILES string of the molecule is Cc1nc(N2CCC(CCN3CCCC3=O)CC2)nc2ncn(C)c12. The molecule has 0 N–H and O–H groups in total. The normalized spacial score (nSPS) is 19.4. The van der Waals surface area contributed by atoms with Crippen LogP contribution in [0.3, 0.4) is 0 Å². The average Bonchev–Trinajstić information content (AvgIpc) is 3.19. The van der Waals surface area contributed by atoms with E-state index in [1.807, 2.05) is 23.4 Å². The van der Waals surface area contributed by atoms with Crippen molar-refractivity contribution in [1.82, 2.24) is 24.4 Å². The van der Waals surface area contributed by atoms with Crippen LogP contribution in [-0.2, 0) is 11.8 Å². The van der Waals surface area contributed by atoms with Crippen LogP contribution in [0.1, 0.15) is 37.8 Å². The van der Waals surface area contributed by atoms with Gasteiger partial charge in [-0.3, -0.25) is 4.79 Å². The van der Waals surface area contributed by atoms with Crippen molar-refractivity contribution in [3.8, 4) is 0 Å². The minimum Gasteiger partial charge on any atom is -0.343 e. The third-order valence-electron chi connectivity index (χ3n) is 5.61. The highest BCUT2D eigenvalue weighted by Gasteiger charge is 2.25. The van der Waals surface area contributed by atoms with Gasteiger partial charge in [-0.1, -0.05) is 0 Å². The molecule has 0 saturated carbocycles. The summed E-state index contributed by atoms with van der Waals surface area (Å²) in [5.74, 6) is 1.84. The lowest BCUT2D eigenvalue weighted by Gasteiger charge is -2.32. The quantitative estimate of drug-likeness (QED) is 0.849. The van der Waals surface area contributed by atoms with Gasteiger partial charge in [0.05, 0.1) is 12.0 Å². The minimum absolute atomic E-state index is 0.338. The molecule has 0 radical (unpaired) electrons. The molecule has 134 valence electrons. The van der Waals surface area contributed by atoms with E-state index in [9.17, 15) is 4.79 Å². The van der Waals surface area contributed by atoms with Crippen molar-refractivity contribution in [2.24, 2.45) is 13.0 Å². The Bertz CT molecular complexity index is 777. The standard InChI is InChI=1S/C18H26N6O/c1-13-16-17(19-12-22(16)2)21-18(20-13)24-10-6-14(7-11-24)5-9-23-8-3-4-15(23)25/h12,14H,3-11H2,1-2H3. The van der Waals surface area contributed by atoms with Crippen molar-refractivity contribution in [2.75, 3.05) is 31.1 Å². The van der Waals surface area contributed by atoms with Crippen molar-refractivity contribution >= 4 is 23.0 Å². The first kappa shape index (κ1) is 16.3. The van der Waals surface area contributed by atoms with Gasteiger partial charge in [0.15, 0.2) is 5.65 Å². The van der Waals surface area contributed by atoms with Gasteiger partial charge in [0, 0.05) is 39.6 Å². The molecule has 4 rings (SSSR count). The van der Waals surface area contributed by atoms with Crippen LogP contribution < -0.4 is 4.90 Å². The molecular weight excluding hydrogens is 316 g/mol. The lowest BCUT2D eigenvalue weighted by atomic mass is 9.93. The van der Waals surface area contributed by atoms with Crippen molar-refractivity contribution in [1.29, 1.82) is 0 Å². The highest BCUT2D eigenvalue weighted by atomic mass is 16.2. The van der Waals surface area contributed by atoms with E-state index in [4.69, 9.17) is 4.98 Å². The molecule has 2 aliphatic heterocycles. The molecule has 2 aromatic rings. The molecule has 1 amide bonds. The monoisotopic (exact) mass is 342 g/mol. The van der Waals surface area contributed by atoms with Crippen LogP contribution >= 0.6 is 0 Å². The van der Waals surface area contributed by atoms with Crippen molar-refractivity contribution < 1.29 is 4.79 Å². The summed E-state index contributed by atoms with van der Waals surface area (Å²) in [6.45, 7) is 5.87. The van der Waals surface area contributed by atoms with E-state index in [1.165, 1.54) is 0 Å². The van der Waals surface area contributed by atoms with Gasteiger partial charge < -0.3 is 14.4 Å². The Morgan fingerprint density at radius 3 is 2.72 bits per heavy atom. The summed E-state index contributed by atoms with van der Waals surface area (Å²) in [5.41, 5.74) is 2.77. The molecule has 2 saturated heterocycles. The van der Waals surface area contributed by atoms with E-state index in [1.54, 1.807) is 6.33 Å². The second-order valence-corrected chi connectivity index (χ2v) is 7.34. The van der Waals surface area contributed by atoms with Gasteiger partial charge in [0.25, 0.3) is 0 Å². The van der Waals surface area contributed by atoms with E-state index in [0.717, 1.165) is 81.1 Å². The van der Waals surface area contributed by atoms with E-state index in [-0.39, 0.29) is 0 Å². The highest BCUT2D eigenvalue weighted by Crippen LogP contribution is 2.25. The molecule has 0 aromatic carbocycles. The van der Waals surface area contributed by atoms with Gasteiger partial charge in [-0.25, -0.2) is 9.97 Å². The Balaban J connectivity index is 1.36. The van der Waals surface area contributed by atoms with Crippen molar-refractivity contribution in [2.45, 2.75) is 39.0 Å². The number of fused-ring (bicyclic) bond motifs is 1. The predicted molar refractivity (Wildman–Crippen MR) is 96.4 cm³/mol. The lowest BCUT2D eigenvalue weighted by molar-refractivity contribution is -0.127. The number of rotatable bonds is 4. The second-order valence-electron chi connectivity index (χ2n) is 7.34. The largest absolute Gasteiger partial charge is 0.343 e. The number of imidazole rings is 1. The molecule has 0 aliphatic carbocycles. The van der Waals surface area contributed by atoms with Crippen molar-refractivity contribution in [3.05, 3.63) is 12.0 Å². The van der Waals surface area contributed by atoms with Gasteiger partial charge in [0.2, 0.25) is 11.9 Å². The summed E-state index contributed by atoms with van der Waals surface area (Å²) in [6, 6.07) is 0. The third kappa shape index (κ3) is 3.19. The van der Waals surface area contributed by atoms with Gasteiger partial charge in [0.1, 0.15) is 5.52 Å². The first-order valence-electron chi connectivity index (χ1n) is 9.30. The maximum absolute atomic E-state index is 11.7. The zero-order valence-corrected chi connectivity index (χ0v) is 15.1. The first-order valence-corrected chi connectivity index (χ1v) is 9.30. The zero-order chi connectivity index (χ0) is 17.4. The molecule has 0 atom stereocenters. The summed E-state index contributed by atoms with van der Waals surface area (Å²) >= 11 is 0. The van der Waals surface area contributed by atoms with Gasteiger partial charge in [-0.05, 0) is 38.5 Å². The fourth-order valence-electron chi connectivity index (χ4n) is 4.08. The number of nitrogens with zero attached hydrogens (tertiary/aromatic N) is 6. The van der Waals surface area contributed by atoms with Crippen LogP contribution in [0.15, 0.2) is 6.33 Å². The summed E-state index contributed by atoms with van der Waals surface area (Å²) in [6.07, 6.45) is 6.98. The fraction of sp³-hybridized carbons (Fsp3) is 0.667. The molecule has 7 heteroatoms. The number of amides is 1. The number of hydrogen-bond donors (Lipinski definition) is 0. The molecule has 2 fully saturated rings. The van der Waals surface area contributed by atoms with E-state index >= 15 is 0 Å². The number of aromatic nitrogens is 4. The molecule has 2 aliphatic rings. The predicted octanol–water partition coefficient (Wildman–Crippen LogP) is 1.90. The van der Waals surface area contributed by atoms with E-state index in [2.05, 4.69) is 14.9 Å². The Morgan fingerprint density at radius 1 is 1.20 bits per heavy atom. The summed E-state index contributed by atoms with van der Waals surface area (Å²) in [4.78, 5) is 29.8. The molecular formula is C18H26N6O. The Kier molecular flexibility index (Phi) is 4.31. The number of likely N-dealkylation sites (tertiary alicyclic amines) is 1. The average molecular weight is 342 g/mol. The van der Waals surface area contributed by atoms with Crippen molar-refractivity contribution in [3.63, 3.8) is 0 Å². The zero-order valence-electron chi connectivity index (χ0n) is 15.1. The Labute approximate surface area is 148 Å². The molecule has 25 heavy (non-hydrogen) atoms. The molecule has 2 aromatic heterocycles. The van der Waals surface area contributed by atoms with Gasteiger partial charge >= 0.3 is 0 Å². The van der Waals surface area contributed by atoms with Crippen LogP contribution in [0.25, 0.3) is 11.2 Å². The van der Waals surface area contributed by atoms with E-state index < -0.39 is 0 Å². The second kappa shape index (κ2) is 6.61. The first-order chi connectivity index (χ1) is 12.1. The third-order valence-corrected chi connectivity index (χ3v) is 5.61. The summed E-state index contributed by atoms with van der Waals surface area (Å²) in [7, 11) is 1.97. The maximum Gasteiger partial charge on any atom is 0.227 e. The highest BCUT2D eigenvalue weighted by molar-refractivity contribution is 5.78. The van der Waals surface area contributed by atoms with Crippen LogP contribution in [0.5, 0.6) is 0 Å². The summed E-state index contributed by atoms with van der Waals surface area (Å²) in [5, 5.41) is 0. The number of piperidine rings is 1. The molecule has 7 nitrogen and oxygen atoms in total. The number of anilines is 1. The van der Waals surface area contributed by atoms with Gasteiger partial charge in [-0.2, -0.15) is 4.98 Å². The van der Waals surface area contributed by atoms with Crippen LogP contribution in [0, 0.1) is 12.8 Å². The Morgan fingerprint density at radius 2 is 2.00 bits per heavy atom. The number of aryl methyl sites for hydroxylation is 2. The topological polar surface area (TPSA) is 67.2 Å². The molecule has 4 heterocycles. The number of hydrogen-bond acceptors (Lipinski definition) is 5. The molecule has 0 unspecified atom stereocenters. The lowest BCUT2D eigenvalue weighted by Crippen LogP contribution is -2.36. The smallest absolute Gasteiger partial charge is 0.227 e. The minimum atomic E-state index is 0.338. The molecule has 0 spiro atoms. The number of carbonyl (C=O) groups is 1. The van der Waals surface area contributed by atoms with Gasteiger partial charge in [-0.15, -0.1) is 0 Å². The fourth-order valence-corrected chi connectivity index (χ4v) is 4.08. The van der Waals surface area contributed by atoms with Crippen LogP contribution in [0.2, 0.25) is 0 Å². The maximum atomic E-state index is 11.7. The van der Waals surface area contributed by atoms with E-state index in [0.29, 0.717) is 11.8 Å².